The van der Waals surface area contributed by atoms with Crippen LogP contribution in [0, 0.1) is 6.92 Å². The van der Waals surface area contributed by atoms with Crippen molar-refractivity contribution in [3.05, 3.63) is 11.7 Å². The number of likely N-dealkylation sites (tertiary alicyclic amines) is 1. The Morgan fingerprint density at radius 1 is 1.39 bits per heavy atom. The van der Waals surface area contributed by atoms with Crippen LogP contribution in [0.25, 0.3) is 0 Å². The molecule has 2 aliphatic heterocycles. The molecular weight excluding hydrogens is 234 g/mol. The fraction of sp³-hybridized carbons (Fsp3) is 0.750. The zero-order valence-corrected chi connectivity index (χ0v) is 10.5. The Hall–Kier alpha value is -1.43. The molecule has 1 aromatic rings. The first-order valence-corrected chi connectivity index (χ1v) is 6.48. The lowest BCUT2D eigenvalue weighted by molar-refractivity contribution is -0.142. The van der Waals surface area contributed by atoms with Gasteiger partial charge in [0.1, 0.15) is 6.10 Å². The van der Waals surface area contributed by atoms with Gasteiger partial charge in [0.2, 0.25) is 5.89 Å². The highest BCUT2D eigenvalue weighted by molar-refractivity contribution is 5.81. The summed E-state index contributed by atoms with van der Waals surface area (Å²) in [5, 5.41) is 3.94. The summed E-state index contributed by atoms with van der Waals surface area (Å²) in [5.41, 5.74) is 0. The van der Waals surface area contributed by atoms with Gasteiger partial charge in [-0.25, -0.2) is 0 Å². The SMILES string of the molecule is Cc1nc(C2CCCN2C(=O)C2CCCO2)no1. The van der Waals surface area contributed by atoms with Crippen LogP contribution in [-0.4, -0.2) is 40.2 Å². The standard InChI is InChI=1S/C12H17N3O3/c1-8-13-11(14-18-8)9-4-2-6-15(9)12(16)10-5-3-7-17-10/h9-10H,2-7H2,1H3. The van der Waals surface area contributed by atoms with Gasteiger partial charge in [-0.05, 0) is 25.7 Å². The molecule has 3 heterocycles. The third-order valence-corrected chi connectivity index (χ3v) is 3.58. The fourth-order valence-electron chi connectivity index (χ4n) is 2.71. The van der Waals surface area contributed by atoms with Gasteiger partial charge in [-0.3, -0.25) is 4.79 Å². The van der Waals surface area contributed by atoms with Crippen molar-refractivity contribution >= 4 is 5.91 Å². The van der Waals surface area contributed by atoms with Crippen molar-refractivity contribution < 1.29 is 14.1 Å². The average molecular weight is 251 g/mol. The van der Waals surface area contributed by atoms with E-state index in [9.17, 15) is 4.79 Å². The minimum atomic E-state index is -0.265. The first kappa shape index (κ1) is 11.6. The van der Waals surface area contributed by atoms with Crippen LogP contribution in [0.4, 0.5) is 0 Å². The Bertz CT molecular complexity index is 440. The highest BCUT2D eigenvalue weighted by Gasteiger charge is 2.37. The van der Waals surface area contributed by atoms with Gasteiger partial charge in [-0.2, -0.15) is 4.98 Å². The van der Waals surface area contributed by atoms with E-state index in [2.05, 4.69) is 10.1 Å². The van der Waals surface area contributed by atoms with Gasteiger partial charge in [-0.1, -0.05) is 5.16 Å². The molecular formula is C12H17N3O3. The lowest BCUT2D eigenvalue weighted by Gasteiger charge is -2.24. The van der Waals surface area contributed by atoms with E-state index in [1.807, 2.05) is 4.90 Å². The number of carbonyl (C=O) groups excluding carboxylic acids is 1. The smallest absolute Gasteiger partial charge is 0.252 e. The first-order valence-electron chi connectivity index (χ1n) is 6.48. The van der Waals surface area contributed by atoms with Crippen molar-refractivity contribution in [3.63, 3.8) is 0 Å². The molecule has 2 unspecified atom stereocenters. The van der Waals surface area contributed by atoms with E-state index >= 15 is 0 Å². The second-order valence-corrected chi connectivity index (χ2v) is 4.86. The molecule has 0 saturated carbocycles. The number of hydrogen-bond donors (Lipinski definition) is 0. The minimum absolute atomic E-state index is 0.0425. The number of hydrogen-bond acceptors (Lipinski definition) is 5. The van der Waals surface area contributed by atoms with Crippen molar-refractivity contribution in [2.24, 2.45) is 0 Å². The van der Waals surface area contributed by atoms with Gasteiger partial charge in [0.15, 0.2) is 5.82 Å². The van der Waals surface area contributed by atoms with E-state index in [1.165, 1.54) is 0 Å². The highest BCUT2D eigenvalue weighted by atomic mass is 16.5. The first-order chi connectivity index (χ1) is 8.75. The Kier molecular flexibility index (Phi) is 3.03. The molecule has 98 valence electrons. The maximum absolute atomic E-state index is 12.4. The number of rotatable bonds is 2. The van der Waals surface area contributed by atoms with Crippen LogP contribution in [0.1, 0.15) is 43.4 Å². The van der Waals surface area contributed by atoms with Crippen LogP contribution in [0.15, 0.2) is 4.52 Å². The summed E-state index contributed by atoms with van der Waals surface area (Å²) in [6.45, 7) is 3.21. The number of aromatic nitrogens is 2. The Balaban J connectivity index is 1.76. The second-order valence-electron chi connectivity index (χ2n) is 4.86. The zero-order chi connectivity index (χ0) is 12.5. The predicted octanol–water partition coefficient (Wildman–Crippen LogP) is 1.22. The average Bonchev–Trinajstić information content (AvgIpc) is 3.09. The van der Waals surface area contributed by atoms with Gasteiger partial charge < -0.3 is 14.2 Å². The van der Waals surface area contributed by atoms with Crippen LogP contribution < -0.4 is 0 Å². The van der Waals surface area contributed by atoms with Gasteiger partial charge >= 0.3 is 0 Å². The molecule has 1 amide bonds. The number of amides is 1. The molecule has 0 bridgehead atoms. The summed E-state index contributed by atoms with van der Waals surface area (Å²) >= 11 is 0. The molecule has 18 heavy (non-hydrogen) atoms. The van der Waals surface area contributed by atoms with Gasteiger partial charge in [0.05, 0.1) is 6.04 Å². The molecule has 6 heteroatoms. The maximum Gasteiger partial charge on any atom is 0.252 e. The van der Waals surface area contributed by atoms with Gasteiger partial charge in [0, 0.05) is 20.1 Å². The van der Waals surface area contributed by atoms with Crippen molar-refractivity contribution in [2.45, 2.75) is 44.8 Å². The van der Waals surface area contributed by atoms with E-state index in [4.69, 9.17) is 9.26 Å². The normalized spacial score (nSPS) is 27.9. The number of nitrogens with zero attached hydrogens (tertiary/aromatic N) is 3. The zero-order valence-electron chi connectivity index (χ0n) is 10.5. The molecule has 2 fully saturated rings. The minimum Gasteiger partial charge on any atom is -0.368 e. The molecule has 0 aliphatic carbocycles. The summed E-state index contributed by atoms with van der Waals surface area (Å²) in [5.74, 6) is 1.25. The third kappa shape index (κ3) is 2.01. The molecule has 2 saturated heterocycles. The number of ether oxygens (including phenoxy) is 1. The molecule has 0 N–H and O–H groups in total. The molecule has 0 radical (unpaired) electrons. The number of aryl methyl sites for hydroxylation is 1. The van der Waals surface area contributed by atoms with Crippen molar-refractivity contribution in [2.75, 3.05) is 13.2 Å². The molecule has 0 spiro atoms. The van der Waals surface area contributed by atoms with Crippen LogP contribution in [0.5, 0.6) is 0 Å². The molecule has 3 rings (SSSR count). The topological polar surface area (TPSA) is 68.5 Å². The van der Waals surface area contributed by atoms with Gasteiger partial charge in [-0.15, -0.1) is 0 Å². The van der Waals surface area contributed by atoms with E-state index < -0.39 is 0 Å². The summed E-state index contributed by atoms with van der Waals surface area (Å²) in [6.07, 6.45) is 3.41. The quantitative estimate of drug-likeness (QED) is 0.790. The fourth-order valence-corrected chi connectivity index (χ4v) is 2.71. The largest absolute Gasteiger partial charge is 0.368 e. The van der Waals surface area contributed by atoms with E-state index in [1.54, 1.807) is 6.92 Å². The van der Waals surface area contributed by atoms with E-state index in [0.717, 1.165) is 32.2 Å². The second kappa shape index (κ2) is 4.68. The lowest BCUT2D eigenvalue weighted by atomic mass is 10.1. The molecule has 0 aromatic carbocycles. The van der Waals surface area contributed by atoms with Crippen LogP contribution in [-0.2, 0) is 9.53 Å². The summed E-state index contributed by atoms with van der Waals surface area (Å²) in [4.78, 5) is 18.4. The summed E-state index contributed by atoms with van der Waals surface area (Å²) in [7, 11) is 0. The molecule has 2 aliphatic rings. The van der Waals surface area contributed by atoms with Crippen LogP contribution in [0.2, 0.25) is 0 Å². The molecule has 6 nitrogen and oxygen atoms in total. The third-order valence-electron chi connectivity index (χ3n) is 3.58. The Labute approximate surface area is 105 Å². The maximum atomic E-state index is 12.4. The predicted molar refractivity (Wildman–Crippen MR) is 61.7 cm³/mol. The highest BCUT2D eigenvalue weighted by Crippen LogP contribution is 2.32. The van der Waals surface area contributed by atoms with Crippen molar-refractivity contribution in [3.8, 4) is 0 Å². The lowest BCUT2D eigenvalue weighted by Crippen LogP contribution is -2.38. The van der Waals surface area contributed by atoms with Crippen LogP contribution in [0.3, 0.4) is 0 Å². The summed E-state index contributed by atoms with van der Waals surface area (Å²) in [6, 6.07) is -0.0425. The number of carbonyl (C=O) groups is 1. The molecule has 2 atom stereocenters. The van der Waals surface area contributed by atoms with Crippen LogP contribution >= 0.6 is 0 Å². The van der Waals surface area contributed by atoms with E-state index in [0.29, 0.717) is 18.3 Å². The van der Waals surface area contributed by atoms with Crippen molar-refractivity contribution in [1.29, 1.82) is 0 Å². The van der Waals surface area contributed by atoms with E-state index in [-0.39, 0.29) is 18.1 Å². The molecule has 1 aromatic heterocycles. The van der Waals surface area contributed by atoms with Crippen molar-refractivity contribution in [1.82, 2.24) is 15.0 Å². The van der Waals surface area contributed by atoms with Gasteiger partial charge in [0.25, 0.3) is 5.91 Å². The Morgan fingerprint density at radius 3 is 2.94 bits per heavy atom. The summed E-state index contributed by atoms with van der Waals surface area (Å²) < 4.78 is 10.5. The monoisotopic (exact) mass is 251 g/mol. The Morgan fingerprint density at radius 2 is 2.28 bits per heavy atom.